The van der Waals surface area contributed by atoms with Gasteiger partial charge in [-0.2, -0.15) is 5.26 Å². The Bertz CT molecular complexity index is 275. The molecule has 90 valence electrons. The smallest absolute Gasteiger partial charge is 0.105 e. The molecule has 0 saturated heterocycles. The highest BCUT2D eigenvalue weighted by Gasteiger charge is 2.34. The van der Waals surface area contributed by atoms with Gasteiger partial charge in [-0.3, -0.25) is 5.32 Å². The molecule has 0 bridgehead atoms. The Balaban J connectivity index is 1.78. The van der Waals surface area contributed by atoms with Gasteiger partial charge in [0.1, 0.15) is 5.54 Å². The zero-order valence-electron chi connectivity index (χ0n) is 10.5. The third kappa shape index (κ3) is 3.20. The molecule has 0 heterocycles. The van der Waals surface area contributed by atoms with Crippen molar-refractivity contribution < 1.29 is 0 Å². The normalized spacial score (nSPS) is 24.1. The summed E-state index contributed by atoms with van der Waals surface area (Å²) < 4.78 is 0. The first kappa shape index (κ1) is 11.9. The fourth-order valence-electron chi connectivity index (χ4n) is 2.24. The molecule has 3 heteroatoms. The van der Waals surface area contributed by atoms with Crippen LogP contribution in [0, 0.1) is 11.3 Å². The maximum absolute atomic E-state index is 9.27. The molecule has 2 aliphatic carbocycles. The summed E-state index contributed by atoms with van der Waals surface area (Å²) in [6.07, 6.45) is 6.15. The van der Waals surface area contributed by atoms with E-state index < -0.39 is 0 Å². The third-order valence-electron chi connectivity index (χ3n) is 3.72. The van der Waals surface area contributed by atoms with E-state index in [1.807, 2.05) is 6.92 Å². The van der Waals surface area contributed by atoms with Crippen molar-refractivity contribution in [3.05, 3.63) is 0 Å². The zero-order chi connectivity index (χ0) is 11.6. The van der Waals surface area contributed by atoms with Gasteiger partial charge in [0.05, 0.1) is 6.07 Å². The van der Waals surface area contributed by atoms with E-state index >= 15 is 0 Å². The second kappa shape index (κ2) is 4.73. The molecule has 2 fully saturated rings. The van der Waals surface area contributed by atoms with Crippen LogP contribution in [0.25, 0.3) is 0 Å². The lowest BCUT2D eigenvalue weighted by atomic mass is 9.99. The minimum Gasteiger partial charge on any atom is -0.301 e. The Labute approximate surface area is 98.8 Å². The fraction of sp³-hybridized carbons (Fsp3) is 0.923. The van der Waals surface area contributed by atoms with Gasteiger partial charge in [-0.25, -0.2) is 0 Å². The molecule has 2 aliphatic rings. The number of rotatable bonds is 7. The van der Waals surface area contributed by atoms with Gasteiger partial charge in [0.2, 0.25) is 0 Å². The molecule has 1 atom stereocenters. The van der Waals surface area contributed by atoms with Crippen molar-refractivity contribution in [3.63, 3.8) is 0 Å². The van der Waals surface area contributed by atoms with Gasteiger partial charge in [-0.15, -0.1) is 0 Å². The molecule has 0 radical (unpaired) electrons. The predicted octanol–water partition coefficient (Wildman–Crippen LogP) is 1.90. The zero-order valence-corrected chi connectivity index (χ0v) is 10.5. The van der Waals surface area contributed by atoms with Gasteiger partial charge < -0.3 is 4.90 Å². The first-order chi connectivity index (χ1) is 7.67. The average Bonchev–Trinajstić information content (AvgIpc) is 3.12. The van der Waals surface area contributed by atoms with Crippen LogP contribution in [0.3, 0.4) is 0 Å². The van der Waals surface area contributed by atoms with Gasteiger partial charge in [0, 0.05) is 18.6 Å². The number of hydrogen-bond acceptors (Lipinski definition) is 3. The van der Waals surface area contributed by atoms with Crippen LogP contribution >= 0.6 is 0 Å². The largest absolute Gasteiger partial charge is 0.301 e. The summed E-state index contributed by atoms with van der Waals surface area (Å²) in [5.74, 6) is 0. The lowest BCUT2D eigenvalue weighted by molar-refractivity contribution is 0.246. The molecule has 0 spiro atoms. The molecular weight excluding hydrogens is 198 g/mol. The van der Waals surface area contributed by atoms with Crippen LogP contribution in [0.4, 0.5) is 0 Å². The van der Waals surface area contributed by atoms with Crippen LogP contribution in [0.5, 0.6) is 0 Å². The van der Waals surface area contributed by atoms with E-state index in [1.54, 1.807) is 0 Å². The molecule has 0 aliphatic heterocycles. The van der Waals surface area contributed by atoms with Crippen LogP contribution in [0.2, 0.25) is 0 Å². The Morgan fingerprint density at radius 3 is 2.50 bits per heavy atom. The minimum atomic E-state index is -0.316. The third-order valence-corrected chi connectivity index (χ3v) is 3.72. The van der Waals surface area contributed by atoms with Crippen LogP contribution < -0.4 is 5.32 Å². The van der Waals surface area contributed by atoms with Gasteiger partial charge in [0.15, 0.2) is 0 Å². The van der Waals surface area contributed by atoms with Crippen molar-refractivity contribution >= 4 is 0 Å². The topological polar surface area (TPSA) is 39.1 Å². The summed E-state index contributed by atoms with van der Waals surface area (Å²) >= 11 is 0. The van der Waals surface area contributed by atoms with Crippen molar-refractivity contribution in [2.75, 3.05) is 13.1 Å². The number of hydrogen-bond donors (Lipinski definition) is 1. The Morgan fingerprint density at radius 2 is 2.06 bits per heavy atom. The lowest BCUT2D eigenvalue weighted by Gasteiger charge is -2.27. The summed E-state index contributed by atoms with van der Waals surface area (Å²) in [6.45, 7) is 6.45. The summed E-state index contributed by atoms with van der Waals surface area (Å²) in [5.41, 5.74) is -0.316. The molecule has 1 unspecified atom stereocenters. The first-order valence-electron chi connectivity index (χ1n) is 6.60. The highest BCUT2D eigenvalue weighted by Crippen LogP contribution is 2.28. The standard InChI is InChI=1S/C13H23N3/c1-3-16(12-6-7-12)9-8-13(2,10-14)15-11-4-5-11/h11-12,15H,3-9H2,1-2H3. The van der Waals surface area contributed by atoms with E-state index in [-0.39, 0.29) is 5.54 Å². The van der Waals surface area contributed by atoms with Crippen LogP contribution in [0.15, 0.2) is 0 Å². The molecule has 3 nitrogen and oxygen atoms in total. The minimum absolute atomic E-state index is 0.316. The van der Waals surface area contributed by atoms with E-state index in [2.05, 4.69) is 23.2 Å². The molecular formula is C13H23N3. The van der Waals surface area contributed by atoms with Gasteiger partial charge >= 0.3 is 0 Å². The molecule has 0 aromatic heterocycles. The summed E-state index contributed by atoms with van der Waals surface area (Å²) in [6, 6.07) is 3.88. The van der Waals surface area contributed by atoms with Crippen LogP contribution in [-0.4, -0.2) is 35.6 Å². The van der Waals surface area contributed by atoms with Crippen LogP contribution in [0.1, 0.15) is 46.0 Å². The lowest BCUT2D eigenvalue weighted by Crippen LogP contribution is -2.45. The maximum Gasteiger partial charge on any atom is 0.105 e. The Hall–Kier alpha value is -0.590. The monoisotopic (exact) mass is 221 g/mol. The maximum atomic E-state index is 9.27. The van der Waals surface area contributed by atoms with E-state index in [0.29, 0.717) is 6.04 Å². The summed E-state index contributed by atoms with van der Waals surface area (Å²) in [4.78, 5) is 2.52. The molecule has 16 heavy (non-hydrogen) atoms. The molecule has 0 aromatic rings. The van der Waals surface area contributed by atoms with Crippen molar-refractivity contribution in [2.45, 2.75) is 63.6 Å². The highest BCUT2D eigenvalue weighted by atomic mass is 15.2. The molecule has 2 saturated carbocycles. The first-order valence-corrected chi connectivity index (χ1v) is 6.60. The predicted molar refractivity (Wildman–Crippen MR) is 65.1 cm³/mol. The van der Waals surface area contributed by atoms with Crippen molar-refractivity contribution in [1.82, 2.24) is 10.2 Å². The van der Waals surface area contributed by atoms with Crippen LogP contribution in [-0.2, 0) is 0 Å². The summed E-state index contributed by atoms with van der Waals surface area (Å²) in [5, 5.41) is 12.7. The Morgan fingerprint density at radius 1 is 1.38 bits per heavy atom. The van der Waals surface area contributed by atoms with Crippen molar-refractivity contribution in [2.24, 2.45) is 0 Å². The van der Waals surface area contributed by atoms with E-state index in [9.17, 15) is 5.26 Å². The Kier molecular flexibility index (Phi) is 3.51. The SMILES string of the molecule is CCN(CCC(C)(C#N)NC1CC1)C1CC1. The van der Waals surface area contributed by atoms with Gasteiger partial charge in [-0.1, -0.05) is 6.92 Å². The van der Waals surface area contributed by atoms with Crippen molar-refractivity contribution in [1.29, 1.82) is 5.26 Å². The second-order valence-corrected chi connectivity index (χ2v) is 5.47. The second-order valence-electron chi connectivity index (χ2n) is 5.47. The number of nitrogens with zero attached hydrogens (tertiary/aromatic N) is 2. The number of nitriles is 1. The van der Waals surface area contributed by atoms with Gasteiger partial charge in [0.25, 0.3) is 0 Å². The number of nitrogens with one attached hydrogen (secondary N) is 1. The van der Waals surface area contributed by atoms with E-state index in [0.717, 1.165) is 25.6 Å². The summed E-state index contributed by atoms with van der Waals surface area (Å²) in [7, 11) is 0. The fourth-order valence-corrected chi connectivity index (χ4v) is 2.24. The average molecular weight is 221 g/mol. The quantitative estimate of drug-likeness (QED) is 0.713. The van der Waals surface area contributed by atoms with E-state index in [4.69, 9.17) is 0 Å². The van der Waals surface area contributed by atoms with E-state index in [1.165, 1.54) is 25.7 Å². The molecule has 2 rings (SSSR count). The van der Waals surface area contributed by atoms with Crippen molar-refractivity contribution in [3.8, 4) is 6.07 Å². The molecule has 1 N–H and O–H groups in total. The highest BCUT2D eigenvalue weighted by molar-refractivity contribution is 5.07. The molecule has 0 aromatic carbocycles. The molecule has 0 amide bonds. The van der Waals surface area contributed by atoms with Gasteiger partial charge in [-0.05, 0) is 45.6 Å².